The third-order valence-corrected chi connectivity index (χ3v) is 4.78. The fourth-order valence-corrected chi connectivity index (χ4v) is 2.93. The second kappa shape index (κ2) is 9.14. The highest BCUT2D eigenvalue weighted by atomic mass is 79.9. The van der Waals surface area contributed by atoms with Crippen LogP contribution in [0.1, 0.15) is 12.0 Å². The largest absolute Gasteiger partial charge is 0.383 e. The van der Waals surface area contributed by atoms with Crippen LogP contribution < -0.4 is 10.0 Å². The van der Waals surface area contributed by atoms with Crippen LogP contribution in [-0.4, -0.2) is 41.1 Å². The van der Waals surface area contributed by atoms with Crippen LogP contribution in [-0.2, 0) is 24.9 Å². The number of nitrogens with one attached hydrogen (secondary N) is 2. The molecule has 118 valence electrons. The number of carbonyl (C=O) groups excluding carboxylic acids is 1. The third kappa shape index (κ3) is 6.56. The van der Waals surface area contributed by atoms with Gasteiger partial charge in [0.15, 0.2) is 0 Å². The van der Waals surface area contributed by atoms with Crippen molar-refractivity contribution in [1.29, 1.82) is 0 Å². The Hall–Kier alpha value is -0.960. The molecule has 1 aromatic carbocycles. The number of hydrogen-bond donors (Lipinski definition) is 2. The molecule has 0 bridgehead atoms. The summed E-state index contributed by atoms with van der Waals surface area (Å²) in [6, 6.07) is 6.55. The number of methoxy groups -OCH3 is 1. The van der Waals surface area contributed by atoms with Gasteiger partial charge in [0, 0.05) is 32.0 Å². The molecular weight excluding hydrogens is 360 g/mol. The van der Waals surface area contributed by atoms with Crippen LogP contribution in [0.4, 0.5) is 0 Å². The average Bonchev–Trinajstić information content (AvgIpc) is 2.47. The van der Waals surface area contributed by atoms with Gasteiger partial charge in [0.25, 0.3) is 0 Å². The van der Waals surface area contributed by atoms with Gasteiger partial charge in [-0.25, -0.2) is 13.1 Å². The zero-order valence-corrected chi connectivity index (χ0v) is 14.2. The molecule has 0 saturated heterocycles. The van der Waals surface area contributed by atoms with Crippen molar-refractivity contribution < 1.29 is 17.9 Å². The van der Waals surface area contributed by atoms with Crippen LogP contribution >= 0.6 is 15.9 Å². The normalized spacial score (nSPS) is 11.3. The van der Waals surface area contributed by atoms with Gasteiger partial charge in [0.1, 0.15) is 0 Å². The molecule has 1 aromatic rings. The highest BCUT2D eigenvalue weighted by Crippen LogP contribution is 2.12. The van der Waals surface area contributed by atoms with E-state index in [0.29, 0.717) is 18.5 Å². The molecule has 1 rings (SSSR count). The molecule has 0 heterocycles. The van der Waals surface area contributed by atoms with Crippen molar-refractivity contribution in [3.63, 3.8) is 0 Å². The van der Waals surface area contributed by atoms with Crippen molar-refractivity contribution in [2.24, 2.45) is 0 Å². The molecule has 0 saturated carbocycles. The summed E-state index contributed by atoms with van der Waals surface area (Å²) >= 11 is 3.30. The van der Waals surface area contributed by atoms with Gasteiger partial charge >= 0.3 is 0 Å². The maximum atomic E-state index is 12.0. The van der Waals surface area contributed by atoms with Crippen molar-refractivity contribution in [3.05, 3.63) is 29.8 Å². The van der Waals surface area contributed by atoms with E-state index >= 15 is 0 Å². The Balaban J connectivity index is 2.43. The Bertz CT molecular complexity index is 546. The number of alkyl halides is 1. The summed E-state index contributed by atoms with van der Waals surface area (Å²) in [5.41, 5.74) is 0.992. The second-order valence-corrected chi connectivity index (χ2v) is 6.60. The maximum Gasteiger partial charge on any atom is 0.240 e. The smallest absolute Gasteiger partial charge is 0.240 e. The Kier molecular flexibility index (Phi) is 7.87. The van der Waals surface area contributed by atoms with Crippen LogP contribution in [0.2, 0.25) is 0 Å². The summed E-state index contributed by atoms with van der Waals surface area (Å²) in [6.07, 6.45) is 0.0857. The highest BCUT2D eigenvalue weighted by Gasteiger charge is 2.13. The number of sulfonamides is 1. The summed E-state index contributed by atoms with van der Waals surface area (Å²) in [5, 5.41) is 3.29. The van der Waals surface area contributed by atoms with E-state index < -0.39 is 10.0 Å². The van der Waals surface area contributed by atoms with Crippen LogP contribution in [0.5, 0.6) is 0 Å². The van der Waals surface area contributed by atoms with Gasteiger partial charge in [-0.2, -0.15) is 0 Å². The molecule has 0 unspecified atom stereocenters. The lowest BCUT2D eigenvalue weighted by atomic mass is 10.2. The lowest BCUT2D eigenvalue weighted by Crippen LogP contribution is -2.32. The van der Waals surface area contributed by atoms with E-state index in [1.807, 2.05) is 0 Å². The minimum absolute atomic E-state index is 0.0569. The quantitative estimate of drug-likeness (QED) is 0.496. The monoisotopic (exact) mass is 378 g/mol. The van der Waals surface area contributed by atoms with Crippen molar-refractivity contribution in [3.8, 4) is 0 Å². The first kappa shape index (κ1) is 18.1. The van der Waals surface area contributed by atoms with Gasteiger partial charge in [-0.1, -0.05) is 28.1 Å². The molecular formula is C13H19BrN2O4S. The first-order valence-electron chi connectivity index (χ1n) is 6.40. The predicted octanol–water partition coefficient (Wildman–Crippen LogP) is 1.01. The summed E-state index contributed by atoms with van der Waals surface area (Å²) in [5.74, 6) is -0.218. The molecule has 8 heteroatoms. The first-order valence-corrected chi connectivity index (χ1v) is 9.00. The number of rotatable bonds is 9. The Morgan fingerprint density at radius 2 is 1.90 bits per heavy atom. The van der Waals surface area contributed by atoms with Gasteiger partial charge in [-0.15, -0.1) is 0 Å². The molecule has 6 nitrogen and oxygen atoms in total. The number of amides is 1. The Morgan fingerprint density at radius 1 is 1.24 bits per heavy atom. The molecule has 1 amide bonds. The number of hydrogen-bond acceptors (Lipinski definition) is 4. The number of ether oxygens (including phenoxy) is 1. The van der Waals surface area contributed by atoms with E-state index in [9.17, 15) is 13.2 Å². The molecule has 0 radical (unpaired) electrons. The maximum absolute atomic E-state index is 12.0. The fourth-order valence-electron chi connectivity index (χ4n) is 1.52. The lowest BCUT2D eigenvalue weighted by Gasteiger charge is -2.08. The van der Waals surface area contributed by atoms with Crippen molar-refractivity contribution in [2.75, 3.05) is 26.8 Å². The van der Waals surface area contributed by atoms with E-state index in [-0.39, 0.29) is 23.8 Å². The summed E-state index contributed by atoms with van der Waals surface area (Å²) in [7, 11) is -2.03. The van der Waals surface area contributed by atoms with Gasteiger partial charge in [0.05, 0.1) is 11.5 Å². The minimum atomic E-state index is -3.58. The third-order valence-electron chi connectivity index (χ3n) is 2.66. The standard InChI is InChI=1S/C13H19BrN2O4S/c1-20-9-8-15-13(17)6-7-16-21(18,19)12-4-2-11(10-14)3-5-12/h2-5,16H,6-10H2,1H3,(H,15,17). The summed E-state index contributed by atoms with van der Waals surface area (Å²) in [4.78, 5) is 11.6. The van der Waals surface area contributed by atoms with Crippen molar-refractivity contribution >= 4 is 31.9 Å². The molecule has 0 aliphatic carbocycles. The highest BCUT2D eigenvalue weighted by molar-refractivity contribution is 9.08. The zero-order chi connectivity index (χ0) is 15.7. The van der Waals surface area contributed by atoms with E-state index in [2.05, 4.69) is 26.0 Å². The summed E-state index contributed by atoms with van der Waals surface area (Å²) in [6.45, 7) is 0.898. The second-order valence-electron chi connectivity index (χ2n) is 4.27. The number of benzene rings is 1. The molecule has 21 heavy (non-hydrogen) atoms. The summed E-state index contributed by atoms with van der Waals surface area (Å²) < 4.78 is 31.2. The van der Waals surface area contributed by atoms with Gasteiger partial charge in [-0.3, -0.25) is 4.79 Å². The van der Waals surface area contributed by atoms with E-state index in [1.165, 1.54) is 12.1 Å². The van der Waals surface area contributed by atoms with Crippen LogP contribution in [0.3, 0.4) is 0 Å². The molecule has 2 N–H and O–H groups in total. The molecule has 0 aliphatic rings. The molecule has 0 spiro atoms. The zero-order valence-electron chi connectivity index (χ0n) is 11.8. The lowest BCUT2D eigenvalue weighted by molar-refractivity contribution is -0.121. The number of halogens is 1. The van der Waals surface area contributed by atoms with E-state index in [0.717, 1.165) is 5.56 Å². The van der Waals surface area contributed by atoms with Gasteiger partial charge < -0.3 is 10.1 Å². The Morgan fingerprint density at radius 3 is 2.48 bits per heavy atom. The van der Waals surface area contributed by atoms with E-state index in [1.54, 1.807) is 19.2 Å². The van der Waals surface area contributed by atoms with Crippen molar-refractivity contribution in [2.45, 2.75) is 16.6 Å². The molecule has 0 fully saturated rings. The van der Waals surface area contributed by atoms with Crippen LogP contribution in [0.25, 0.3) is 0 Å². The van der Waals surface area contributed by atoms with Crippen molar-refractivity contribution in [1.82, 2.24) is 10.0 Å². The Labute approximate surface area is 133 Å². The van der Waals surface area contributed by atoms with Gasteiger partial charge in [-0.05, 0) is 17.7 Å². The first-order chi connectivity index (χ1) is 9.99. The topological polar surface area (TPSA) is 84.5 Å². The molecule has 0 aliphatic heterocycles. The fraction of sp³-hybridized carbons (Fsp3) is 0.462. The predicted molar refractivity (Wildman–Crippen MR) is 83.8 cm³/mol. The molecule has 0 atom stereocenters. The average molecular weight is 379 g/mol. The van der Waals surface area contributed by atoms with Gasteiger partial charge in [0.2, 0.25) is 15.9 Å². The SMILES string of the molecule is COCCNC(=O)CCNS(=O)(=O)c1ccc(CBr)cc1. The van der Waals surface area contributed by atoms with Crippen LogP contribution in [0, 0.1) is 0 Å². The number of carbonyl (C=O) groups is 1. The molecule has 0 aromatic heterocycles. The van der Waals surface area contributed by atoms with Crippen LogP contribution in [0.15, 0.2) is 29.2 Å². The van der Waals surface area contributed by atoms with E-state index in [4.69, 9.17) is 4.74 Å². The minimum Gasteiger partial charge on any atom is -0.383 e.